The first-order chi connectivity index (χ1) is 8.61. The third-order valence-corrected chi connectivity index (χ3v) is 3.24. The number of carbonyl (C=O) groups excluding carboxylic acids is 1. The number of hydrogen-bond acceptors (Lipinski definition) is 4. The van der Waals surface area contributed by atoms with Crippen molar-refractivity contribution in [1.29, 1.82) is 0 Å². The number of likely N-dealkylation sites (tertiary alicyclic amines) is 1. The van der Waals surface area contributed by atoms with Crippen LogP contribution in [-0.4, -0.2) is 39.6 Å². The summed E-state index contributed by atoms with van der Waals surface area (Å²) in [4.78, 5) is 24.9. The molecule has 1 aliphatic rings. The number of carbonyl (C=O) groups is 2. The fraction of sp³-hybridized carbons (Fsp3) is 0.583. The van der Waals surface area contributed by atoms with Crippen LogP contribution in [0.15, 0.2) is 10.7 Å². The second-order valence-electron chi connectivity index (χ2n) is 4.54. The summed E-state index contributed by atoms with van der Waals surface area (Å²) >= 11 is 0. The van der Waals surface area contributed by atoms with Crippen LogP contribution in [0.1, 0.15) is 41.8 Å². The zero-order valence-electron chi connectivity index (χ0n) is 10.3. The summed E-state index contributed by atoms with van der Waals surface area (Å²) in [5.41, 5.74) is 0.633. The largest absolute Gasteiger partial charge is 0.480 e. The lowest BCUT2D eigenvalue weighted by Crippen LogP contribution is -2.44. The summed E-state index contributed by atoms with van der Waals surface area (Å²) in [6.45, 7) is 2.17. The zero-order valence-corrected chi connectivity index (χ0v) is 10.3. The van der Waals surface area contributed by atoms with Gasteiger partial charge in [-0.15, -0.1) is 0 Å². The van der Waals surface area contributed by atoms with Crippen molar-refractivity contribution in [3.8, 4) is 0 Å². The predicted octanol–water partition coefficient (Wildman–Crippen LogP) is 1.45. The molecule has 0 radical (unpaired) electrons. The first kappa shape index (κ1) is 12.6. The summed E-state index contributed by atoms with van der Waals surface area (Å²) in [5.74, 6) is -1.19. The van der Waals surface area contributed by atoms with E-state index in [0.29, 0.717) is 18.5 Å². The Morgan fingerprint density at radius 2 is 2.22 bits per heavy atom. The van der Waals surface area contributed by atoms with Gasteiger partial charge in [0.25, 0.3) is 5.91 Å². The van der Waals surface area contributed by atoms with E-state index in [1.165, 1.54) is 11.1 Å². The minimum atomic E-state index is -0.956. The molecule has 1 amide bonds. The molecule has 1 aromatic heterocycles. The van der Waals surface area contributed by atoms with E-state index in [1.807, 2.05) is 0 Å². The molecular formula is C12H16N2O4. The van der Waals surface area contributed by atoms with Crippen LogP contribution in [0.3, 0.4) is 0 Å². The molecule has 18 heavy (non-hydrogen) atoms. The number of aliphatic carboxylic acids is 1. The molecule has 0 saturated carbocycles. The summed E-state index contributed by atoms with van der Waals surface area (Å²) in [6.07, 6.45) is 4.55. The Bertz CT molecular complexity index is 455. The molecule has 6 nitrogen and oxygen atoms in total. The highest BCUT2D eigenvalue weighted by atomic mass is 16.5. The molecule has 0 bridgehead atoms. The summed E-state index contributed by atoms with van der Waals surface area (Å²) < 4.78 is 4.91. The van der Waals surface area contributed by atoms with Crippen LogP contribution in [0.2, 0.25) is 0 Å². The number of carboxylic acids is 1. The lowest BCUT2D eigenvalue weighted by Gasteiger charge is -2.25. The second-order valence-corrected chi connectivity index (χ2v) is 4.54. The number of aryl methyl sites for hydroxylation is 1. The molecule has 2 rings (SSSR count). The number of hydrogen-bond donors (Lipinski definition) is 1. The number of nitrogens with zero attached hydrogens (tertiary/aromatic N) is 2. The fourth-order valence-electron chi connectivity index (χ4n) is 2.24. The van der Waals surface area contributed by atoms with Gasteiger partial charge in [-0.3, -0.25) is 4.79 Å². The number of aromatic nitrogens is 1. The SMILES string of the molecule is Cc1cnoc1C(=O)N1CCCCCC1C(=O)O. The average molecular weight is 252 g/mol. The van der Waals surface area contributed by atoms with Crippen molar-refractivity contribution in [2.24, 2.45) is 0 Å². The number of rotatable bonds is 2. The van der Waals surface area contributed by atoms with Gasteiger partial charge in [-0.1, -0.05) is 18.0 Å². The Hall–Kier alpha value is -1.85. The average Bonchev–Trinajstić information content (AvgIpc) is 2.63. The molecule has 2 heterocycles. The lowest BCUT2D eigenvalue weighted by atomic mass is 10.1. The standard InChI is InChI=1S/C12H16N2O4/c1-8-7-13-18-10(8)11(15)14-6-4-2-3-5-9(14)12(16)17/h7,9H,2-6H2,1H3,(H,16,17). The Kier molecular flexibility index (Phi) is 3.64. The molecule has 98 valence electrons. The number of carboxylic acid groups (broad SMARTS) is 1. The van der Waals surface area contributed by atoms with Gasteiger partial charge in [0.05, 0.1) is 6.20 Å². The van der Waals surface area contributed by atoms with E-state index in [0.717, 1.165) is 19.3 Å². The van der Waals surface area contributed by atoms with Crippen LogP contribution in [0, 0.1) is 6.92 Å². The Morgan fingerprint density at radius 1 is 1.44 bits per heavy atom. The van der Waals surface area contributed by atoms with Gasteiger partial charge in [0.2, 0.25) is 5.76 Å². The van der Waals surface area contributed by atoms with E-state index in [1.54, 1.807) is 6.92 Å². The topological polar surface area (TPSA) is 83.6 Å². The van der Waals surface area contributed by atoms with Crippen LogP contribution in [-0.2, 0) is 4.79 Å². The molecule has 0 spiro atoms. The van der Waals surface area contributed by atoms with Crippen LogP contribution in [0.4, 0.5) is 0 Å². The van der Waals surface area contributed by atoms with Gasteiger partial charge in [-0.2, -0.15) is 0 Å². The highest BCUT2D eigenvalue weighted by Gasteiger charge is 2.33. The quantitative estimate of drug-likeness (QED) is 0.861. The fourth-order valence-corrected chi connectivity index (χ4v) is 2.24. The first-order valence-electron chi connectivity index (χ1n) is 6.06. The lowest BCUT2D eigenvalue weighted by molar-refractivity contribution is -0.142. The Balaban J connectivity index is 2.25. The third-order valence-electron chi connectivity index (χ3n) is 3.24. The van der Waals surface area contributed by atoms with Crippen molar-refractivity contribution in [3.63, 3.8) is 0 Å². The minimum Gasteiger partial charge on any atom is -0.480 e. The highest BCUT2D eigenvalue weighted by Crippen LogP contribution is 2.20. The van der Waals surface area contributed by atoms with Crippen molar-refractivity contribution >= 4 is 11.9 Å². The molecular weight excluding hydrogens is 236 g/mol. The monoisotopic (exact) mass is 252 g/mol. The van der Waals surface area contributed by atoms with Crippen LogP contribution in [0.25, 0.3) is 0 Å². The van der Waals surface area contributed by atoms with E-state index in [-0.39, 0.29) is 11.7 Å². The van der Waals surface area contributed by atoms with Gasteiger partial charge in [0.1, 0.15) is 6.04 Å². The van der Waals surface area contributed by atoms with E-state index in [4.69, 9.17) is 4.52 Å². The molecule has 0 aromatic carbocycles. The van der Waals surface area contributed by atoms with Crippen molar-refractivity contribution in [2.45, 2.75) is 38.6 Å². The summed E-state index contributed by atoms with van der Waals surface area (Å²) in [6, 6.07) is -0.760. The van der Waals surface area contributed by atoms with Crippen molar-refractivity contribution in [1.82, 2.24) is 10.1 Å². The van der Waals surface area contributed by atoms with Gasteiger partial charge in [-0.25, -0.2) is 4.79 Å². The second kappa shape index (κ2) is 5.20. The normalized spacial score (nSPS) is 20.5. The van der Waals surface area contributed by atoms with Crippen LogP contribution >= 0.6 is 0 Å². The maximum Gasteiger partial charge on any atom is 0.326 e. The molecule has 1 atom stereocenters. The summed E-state index contributed by atoms with van der Waals surface area (Å²) in [5, 5.41) is 12.8. The van der Waals surface area contributed by atoms with E-state index >= 15 is 0 Å². The predicted molar refractivity (Wildman–Crippen MR) is 62.2 cm³/mol. The molecule has 1 fully saturated rings. The maximum absolute atomic E-state index is 12.3. The molecule has 0 aliphatic carbocycles. The maximum atomic E-state index is 12.3. The van der Waals surface area contributed by atoms with Crippen LogP contribution < -0.4 is 0 Å². The van der Waals surface area contributed by atoms with E-state index in [9.17, 15) is 14.7 Å². The molecule has 1 N–H and O–H groups in total. The van der Waals surface area contributed by atoms with Crippen LogP contribution in [0.5, 0.6) is 0 Å². The Morgan fingerprint density at radius 3 is 2.83 bits per heavy atom. The number of amides is 1. The Labute approximate surface area is 105 Å². The van der Waals surface area contributed by atoms with E-state index < -0.39 is 12.0 Å². The van der Waals surface area contributed by atoms with Crippen molar-refractivity contribution < 1.29 is 19.2 Å². The molecule has 6 heteroatoms. The van der Waals surface area contributed by atoms with Gasteiger partial charge >= 0.3 is 5.97 Å². The summed E-state index contributed by atoms with van der Waals surface area (Å²) in [7, 11) is 0. The van der Waals surface area contributed by atoms with Gasteiger partial charge in [0, 0.05) is 12.1 Å². The molecule has 1 aromatic rings. The van der Waals surface area contributed by atoms with Crippen molar-refractivity contribution in [2.75, 3.05) is 6.54 Å². The minimum absolute atomic E-state index is 0.142. The van der Waals surface area contributed by atoms with E-state index in [2.05, 4.69) is 5.16 Å². The first-order valence-corrected chi connectivity index (χ1v) is 6.06. The molecule has 1 unspecified atom stereocenters. The third kappa shape index (κ3) is 2.37. The smallest absolute Gasteiger partial charge is 0.326 e. The van der Waals surface area contributed by atoms with Gasteiger partial charge in [-0.05, 0) is 19.8 Å². The van der Waals surface area contributed by atoms with Crippen molar-refractivity contribution in [3.05, 3.63) is 17.5 Å². The molecule has 1 aliphatic heterocycles. The highest BCUT2D eigenvalue weighted by molar-refractivity contribution is 5.95. The van der Waals surface area contributed by atoms with Gasteiger partial charge in [0.15, 0.2) is 0 Å². The zero-order chi connectivity index (χ0) is 13.1. The van der Waals surface area contributed by atoms with Gasteiger partial charge < -0.3 is 14.5 Å². The molecule has 1 saturated heterocycles.